The van der Waals surface area contributed by atoms with E-state index in [1.54, 1.807) is 48.6 Å². The van der Waals surface area contributed by atoms with Gasteiger partial charge in [0.15, 0.2) is 0 Å². The van der Waals surface area contributed by atoms with E-state index in [-0.39, 0.29) is 0 Å². The Hall–Kier alpha value is -2.51. The molecule has 0 bridgehead atoms. The van der Waals surface area contributed by atoms with E-state index in [1.807, 2.05) is 12.1 Å². The SMILES string of the molecule is C=Cc1ccc(B(O)O)cc1.C=Cc1ccc(B2OC(C(O)CO)C(C(O)CO)O2)cc1.OCC(O)C(O)C(O)C(O)CO. The van der Waals surface area contributed by atoms with Crippen molar-refractivity contribution in [2.45, 2.75) is 48.8 Å². The lowest BCUT2D eigenvalue weighted by molar-refractivity contribution is -0.123. The molecule has 1 aliphatic rings. The van der Waals surface area contributed by atoms with Gasteiger partial charge in [-0.15, -0.1) is 0 Å². The number of rotatable bonds is 13. The first-order valence-electron chi connectivity index (χ1n) is 13.5. The second-order valence-electron chi connectivity index (χ2n) is 9.63. The highest BCUT2D eigenvalue weighted by atomic mass is 16.7. The van der Waals surface area contributed by atoms with Gasteiger partial charge >= 0.3 is 14.2 Å². The van der Waals surface area contributed by atoms with Gasteiger partial charge in [0.2, 0.25) is 0 Å². The fourth-order valence-corrected chi connectivity index (χ4v) is 3.72. The zero-order valence-corrected chi connectivity index (χ0v) is 24.0. The van der Waals surface area contributed by atoms with Crippen molar-refractivity contribution in [3.8, 4) is 0 Å². The number of hydrogen-bond acceptors (Lipinski definition) is 14. The molecule has 1 saturated heterocycles. The van der Waals surface area contributed by atoms with E-state index in [4.69, 9.17) is 60.2 Å². The van der Waals surface area contributed by atoms with Crippen molar-refractivity contribution in [1.29, 1.82) is 0 Å². The maximum absolute atomic E-state index is 9.76. The van der Waals surface area contributed by atoms with Gasteiger partial charge in [-0.3, -0.25) is 0 Å². The van der Waals surface area contributed by atoms with Crippen LogP contribution < -0.4 is 10.9 Å². The zero-order chi connectivity index (χ0) is 33.4. The molecule has 0 radical (unpaired) electrons. The smallest absolute Gasteiger partial charge is 0.423 e. The molecule has 0 aromatic heterocycles. The van der Waals surface area contributed by atoms with Gasteiger partial charge in [-0.2, -0.15) is 0 Å². The van der Waals surface area contributed by atoms with Crippen LogP contribution in [0.15, 0.2) is 61.7 Å². The molecule has 2 aromatic carbocycles. The number of aliphatic hydroxyl groups excluding tert-OH is 10. The Labute approximate surface area is 255 Å². The molecule has 14 nitrogen and oxygen atoms in total. The second kappa shape index (κ2) is 20.5. The number of hydrogen-bond donors (Lipinski definition) is 12. The average molecular weight is 624 g/mol. The molecule has 3 rings (SSSR count). The van der Waals surface area contributed by atoms with Gasteiger partial charge in [0.05, 0.1) is 38.6 Å². The summed E-state index contributed by atoms with van der Waals surface area (Å²) >= 11 is 0. The Bertz CT molecular complexity index is 1040. The molecule has 0 saturated carbocycles. The molecule has 0 spiro atoms. The van der Waals surface area contributed by atoms with Crippen LogP contribution in [0.4, 0.5) is 0 Å². The summed E-state index contributed by atoms with van der Waals surface area (Å²) in [6.45, 7) is 4.75. The molecule has 16 heteroatoms. The van der Waals surface area contributed by atoms with Crippen LogP contribution in [0.5, 0.6) is 0 Å². The van der Waals surface area contributed by atoms with E-state index < -0.39 is 89.5 Å². The van der Waals surface area contributed by atoms with Crippen LogP contribution in [0.25, 0.3) is 12.2 Å². The maximum Gasteiger partial charge on any atom is 0.494 e. The summed E-state index contributed by atoms with van der Waals surface area (Å²) in [6, 6.07) is 14.1. The van der Waals surface area contributed by atoms with E-state index in [9.17, 15) is 10.2 Å². The van der Waals surface area contributed by atoms with Crippen LogP contribution in [0, 0.1) is 0 Å². The molecule has 0 aliphatic carbocycles. The minimum absolute atomic E-state index is 0.496. The van der Waals surface area contributed by atoms with Crippen LogP contribution >= 0.6 is 0 Å². The average Bonchev–Trinajstić information content (AvgIpc) is 3.52. The Morgan fingerprint density at radius 1 is 0.636 bits per heavy atom. The molecule has 1 fully saturated rings. The van der Waals surface area contributed by atoms with Crippen LogP contribution in [0.3, 0.4) is 0 Å². The fourth-order valence-electron chi connectivity index (χ4n) is 3.72. The normalized spacial score (nSPS) is 20.0. The van der Waals surface area contributed by atoms with Crippen LogP contribution in [0.1, 0.15) is 11.1 Å². The van der Waals surface area contributed by atoms with Gasteiger partial charge in [0.1, 0.15) is 36.6 Å². The van der Waals surface area contributed by atoms with E-state index in [1.165, 1.54) is 0 Å². The molecule has 8 atom stereocenters. The third-order valence-corrected chi connectivity index (χ3v) is 6.44. The molecule has 2 aromatic rings. The van der Waals surface area contributed by atoms with Gasteiger partial charge in [0, 0.05) is 0 Å². The highest BCUT2D eigenvalue weighted by Crippen LogP contribution is 2.23. The largest absolute Gasteiger partial charge is 0.494 e. The topological polar surface area (TPSA) is 261 Å². The van der Waals surface area contributed by atoms with Crippen molar-refractivity contribution in [3.05, 3.63) is 72.8 Å². The molecule has 244 valence electrons. The van der Waals surface area contributed by atoms with E-state index >= 15 is 0 Å². The van der Waals surface area contributed by atoms with Crippen molar-refractivity contribution < 1.29 is 70.4 Å². The Kier molecular flexibility index (Phi) is 18.4. The summed E-state index contributed by atoms with van der Waals surface area (Å²) in [5, 5.41) is 107. The van der Waals surface area contributed by atoms with Gasteiger partial charge in [-0.1, -0.05) is 73.8 Å². The summed E-state index contributed by atoms with van der Waals surface area (Å²) < 4.78 is 11.2. The maximum atomic E-state index is 9.76. The molecule has 1 heterocycles. The van der Waals surface area contributed by atoms with E-state index in [0.717, 1.165) is 11.1 Å². The standard InChI is InChI=1S/C14H19BO6.C8H9BO2.C6H14O6/c1-2-9-3-5-10(6-4-9)15-20-13(11(18)7-16)14(21-15)12(19)8-17;1-2-7-3-5-8(6-4-7)9(10)11;7-1-3(9)5(11)6(12)4(10)2-8/h2-6,11-14,16-19H,1,7-8H2;2-6,10-11H,1H2;3-12H,1-2H2. The molecule has 1 aliphatic heterocycles. The third-order valence-electron chi connectivity index (χ3n) is 6.44. The Morgan fingerprint density at radius 3 is 1.30 bits per heavy atom. The molecule has 0 amide bonds. The van der Waals surface area contributed by atoms with Gasteiger partial charge in [0.25, 0.3) is 0 Å². The lowest BCUT2D eigenvalue weighted by Crippen LogP contribution is -2.46. The highest BCUT2D eigenvalue weighted by molar-refractivity contribution is 6.61. The minimum Gasteiger partial charge on any atom is -0.423 e. The zero-order valence-electron chi connectivity index (χ0n) is 24.0. The first-order valence-corrected chi connectivity index (χ1v) is 13.5. The minimum atomic E-state index is -1.67. The van der Waals surface area contributed by atoms with Gasteiger partial charge in [-0.25, -0.2) is 0 Å². The highest BCUT2D eigenvalue weighted by Gasteiger charge is 2.46. The van der Waals surface area contributed by atoms with Crippen LogP contribution in [-0.2, 0) is 9.31 Å². The third kappa shape index (κ3) is 12.1. The molecule has 8 unspecified atom stereocenters. The van der Waals surface area contributed by atoms with E-state index in [2.05, 4.69) is 13.2 Å². The van der Waals surface area contributed by atoms with Crippen molar-refractivity contribution in [1.82, 2.24) is 0 Å². The number of benzene rings is 2. The monoisotopic (exact) mass is 624 g/mol. The van der Waals surface area contributed by atoms with Crippen molar-refractivity contribution >= 4 is 37.3 Å². The Balaban J connectivity index is 0.000000359. The lowest BCUT2D eigenvalue weighted by Gasteiger charge is -2.24. The first kappa shape index (κ1) is 39.5. The quantitative estimate of drug-likeness (QED) is 0.0932. The summed E-state index contributed by atoms with van der Waals surface area (Å²) in [5.74, 6) is 0. The molecule has 12 N–H and O–H groups in total. The van der Waals surface area contributed by atoms with Crippen molar-refractivity contribution in [2.75, 3.05) is 26.4 Å². The predicted molar refractivity (Wildman–Crippen MR) is 162 cm³/mol. The molecular formula is C28H42B2O14. The lowest BCUT2D eigenvalue weighted by atomic mass is 9.79. The summed E-state index contributed by atoms with van der Waals surface area (Å²) in [7, 11) is -2.16. The van der Waals surface area contributed by atoms with Crippen LogP contribution in [-0.4, -0.2) is 151 Å². The van der Waals surface area contributed by atoms with Crippen LogP contribution in [0.2, 0.25) is 0 Å². The Morgan fingerprint density at radius 2 is 1.00 bits per heavy atom. The van der Waals surface area contributed by atoms with Gasteiger partial charge < -0.3 is 70.4 Å². The van der Waals surface area contributed by atoms with Crippen molar-refractivity contribution in [2.24, 2.45) is 0 Å². The summed E-state index contributed by atoms with van der Waals surface area (Å²) in [6.07, 6.45) is -7.22. The molecule has 44 heavy (non-hydrogen) atoms. The number of aliphatic hydroxyl groups is 10. The predicted octanol–water partition coefficient (Wildman–Crippen LogP) is -5.06. The summed E-state index contributed by atoms with van der Waals surface area (Å²) in [4.78, 5) is 0. The fraction of sp³-hybridized carbons (Fsp3) is 0.429. The van der Waals surface area contributed by atoms with E-state index in [0.29, 0.717) is 10.9 Å². The first-order chi connectivity index (χ1) is 20.9. The van der Waals surface area contributed by atoms with Crippen molar-refractivity contribution in [3.63, 3.8) is 0 Å². The second-order valence-corrected chi connectivity index (χ2v) is 9.63. The molecular weight excluding hydrogens is 582 g/mol. The van der Waals surface area contributed by atoms with Gasteiger partial charge in [-0.05, 0) is 22.1 Å². The summed E-state index contributed by atoms with van der Waals surface area (Å²) in [5.41, 5.74) is 3.11.